The molecule has 0 unspecified atom stereocenters. The van der Waals surface area contributed by atoms with Crippen LogP contribution in [0, 0.1) is 0 Å². The molecule has 5 aromatic rings. The molecule has 0 aromatic heterocycles. The first-order valence-electron chi connectivity index (χ1n) is 13.3. The van der Waals surface area contributed by atoms with E-state index in [1.54, 1.807) is 24.3 Å². The molecule has 0 radical (unpaired) electrons. The molecule has 5 aromatic carbocycles. The van der Waals surface area contributed by atoms with Crippen LogP contribution in [0.1, 0.15) is 81.0 Å². The van der Waals surface area contributed by atoms with Gasteiger partial charge in [0.1, 0.15) is 0 Å². The van der Waals surface area contributed by atoms with Crippen LogP contribution >= 0.6 is 0 Å². The summed E-state index contributed by atoms with van der Waals surface area (Å²) >= 11 is 0. The van der Waals surface area contributed by atoms with Crippen LogP contribution in [-0.2, 0) is 14.2 Å². The molecule has 0 saturated carbocycles. The predicted molar refractivity (Wildman–Crippen MR) is 148 cm³/mol. The molecule has 1 aliphatic rings. The Balaban J connectivity index is 1.69. The van der Waals surface area contributed by atoms with E-state index >= 15 is 0 Å². The largest absolute Gasteiger partial charge is 0.462 e. The summed E-state index contributed by atoms with van der Waals surface area (Å²) < 4.78 is 16.1. The lowest BCUT2D eigenvalue weighted by Crippen LogP contribution is -2.19. The Labute approximate surface area is 223 Å². The number of hydrogen-bond donors (Lipinski definition) is 0. The zero-order valence-electron chi connectivity index (χ0n) is 21.7. The Kier molecular flexibility index (Phi) is 6.14. The van der Waals surface area contributed by atoms with Gasteiger partial charge in [-0.25, -0.2) is 19.2 Å². The van der Waals surface area contributed by atoms with Gasteiger partial charge in [0.15, 0.2) is 0 Å². The monoisotopic (exact) mass is 522 g/mol. The van der Waals surface area contributed by atoms with Crippen LogP contribution in [0.4, 0.5) is 0 Å². The van der Waals surface area contributed by atoms with E-state index in [4.69, 9.17) is 14.2 Å². The smallest absolute Gasteiger partial charge is 0.346 e. The van der Waals surface area contributed by atoms with E-state index in [1.807, 2.05) is 38.1 Å². The molecule has 0 bridgehead atoms. The second-order valence-electron chi connectivity index (χ2n) is 9.80. The highest BCUT2D eigenvalue weighted by atomic mass is 16.6. The summed E-state index contributed by atoms with van der Waals surface area (Å²) in [7, 11) is 0. The third-order valence-electron chi connectivity index (χ3n) is 7.43. The van der Waals surface area contributed by atoms with Crippen molar-refractivity contribution in [1.29, 1.82) is 0 Å². The van der Waals surface area contributed by atoms with E-state index in [1.165, 1.54) is 0 Å². The van der Waals surface area contributed by atoms with Gasteiger partial charge in [-0.3, -0.25) is 0 Å². The van der Waals surface area contributed by atoms with Crippen molar-refractivity contribution in [3.63, 3.8) is 0 Å². The Hall–Kier alpha value is -4.52. The molecule has 0 N–H and O–H groups in total. The van der Waals surface area contributed by atoms with Crippen LogP contribution in [0.3, 0.4) is 0 Å². The van der Waals surface area contributed by atoms with Gasteiger partial charge in [-0.05, 0) is 69.4 Å². The molecule has 0 amide bonds. The topological polar surface area (TPSA) is 96.0 Å². The molecule has 196 valence electrons. The van der Waals surface area contributed by atoms with Crippen molar-refractivity contribution in [3.8, 4) is 0 Å². The molecular formula is C32H26O7. The van der Waals surface area contributed by atoms with Crippen molar-refractivity contribution in [3.05, 3.63) is 70.8 Å². The van der Waals surface area contributed by atoms with Crippen LogP contribution in [-0.4, -0.2) is 37.1 Å². The molecule has 0 fully saturated rings. The molecule has 7 nitrogen and oxygen atoms in total. The van der Waals surface area contributed by atoms with Gasteiger partial charge in [-0.2, -0.15) is 0 Å². The Bertz CT molecular complexity index is 1710. The second-order valence-corrected chi connectivity index (χ2v) is 9.80. The zero-order chi connectivity index (χ0) is 27.3. The predicted octanol–water partition coefficient (Wildman–Crippen LogP) is 6.96. The molecule has 0 aliphatic carbocycles. The van der Waals surface area contributed by atoms with Gasteiger partial charge in [0, 0.05) is 10.8 Å². The zero-order valence-corrected chi connectivity index (χ0v) is 21.7. The lowest BCUT2D eigenvalue weighted by molar-refractivity contribution is 0.0388. The van der Waals surface area contributed by atoms with Gasteiger partial charge in [0.25, 0.3) is 0 Å². The van der Waals surface area contributed by atoms with E-state index < -0.39 is 23.9 Å². The van der Waals surface area contributed by atoms with Crippen molar-refractivity contribution in [1.82, 2.24) is 0 Å². The van der Waals surface area contributed by atoms with Crippen LogP contribution in [0.15, 0.2) is 48.5 Å². The minimum absolute atomic E-state index is 0.284. The Morgan fingerprint density at radius 2 is 1.00 bits per heavy atom. The fourth-order valence-electron chi connectivity index (χ4n) is 5.54. The maximum atomic E-state index is 13.3. The third-order valence-corrected chi connectivity index (χ3v) is 7.43. The number of esters is 4. The number of hydrogen-bond acceptors (Lipinski definition) is 7. The summed E-state index contributed by atoms with van der Waals surface area (Å²) in [4.78, 5) is 51.7. The Morgan fingerprint density at radius 1 is 0.590 bits per heavy atom. The quantitative estimate of drug-likeness (QED) is 0.0543. The standard InChI is InChI=1S/C32H26O7/c1-3-5-15-37-29(33)21-11-7-17-19-9-13-23-28-24(32(36)39-31(23)35)14-10-20(26(19)28)18-8-12-22(27(21)25(17)18)30(34)38-16-6-4-2/h7-14H,3-6,15-16H2,1-2H3. The average molecular weight is 523 g/mol. The third kappa shape index (κ3) is 3.80. The maximum absolute atomic E-state index is 13.3. The van der Waals surface area contributed by atoms with E-state index in [0.717, 1.165) is 58.0 Å². The number of benzene rings is 5. The fraction of sp³-hybridized carbons (Fsp3) is 0.250. The van der Waals surface area contributed by atoms with E-state index in [2.05, 4.69) is 0 Å². The normalized spacial score (nSPS) is 13.0. The number of cyclic esters (lactones) is 2. The number of carbonyl (C=O) groups is 4. The first-order chi connectivity index (χ1) is 19.0. The number of ether oxygens (including phenoxy) is 3. The number of rotatable bonds is 8. The molecule has 1 heterocycles. The molecule has 1 aliphatic heterocycles. The van der Waals surface area contributed by atoms with Crippen molar-refractivity contribution >= 4 is 67.0 Å². The highest BCUT2D eigenvalue weighted by Crippen LogP contribution is 2.45. The van der Waals surface area contributed by atoms with Gasteiger partial charge in [-0.15, -0.1) is 0 Å². The maximum Gasteiger partial charge on any atom is 0.346 e. The van der Waals surface area contributed by atoms with Crippen LogP contribution in [0.5, 0.6) is 0 Å². The molecule has 0 saturated heterocycles. The molecule has 6 rings (SSSR count). The number of unbranched alkanes of at least 4 members (excludes halogenated alkanes) is 2. The summed E-state index contributed by atoms with van der Waals surface area (Å²) in [6, 6.07) is 14.0. The van der Waals surface area contributed by atoms with Crippen molar-refractivity contribution in [2.24, 2.45) is 0 Å². The summed E-state index contributed by atoms with van der Waals surface area (Å²) in [6.07, 6.45) is 3.24. The molecule has 7 heteroatoms. The van der Waals surface area contributed by atoms with Gasteiger partial charge >= 0.3 is 23.9 Å². The molecule has 0 atom stereocenters. The van der Waals surface area contributed by atoms with E-state index in [0.29, 0.717) is 33.0 Å². The number of carbonyl (C=O) groups excluding carboxylic acids is 4. The van der Waals surface area contributed by atoms with Gasteiger partial charge in [0.2, 0.25) is 0 Å². The highest BCUT2D eigenvalue weighted by Gasteiger charge is 2.30. The van der Waals surface area contributed by atoms with Gasteiger partial charge < -0.3 is 14.2 Å². The lowest BCUT2D eigenvalue weighted by Gasteiger charge is -2.21. The molecule has 0 spiro atoms. The van der Waals surface area contributed by atoms with Crippen LogP contribution in [0.2, 0.25) is 0 Å². The van der Waals surface area contributed by atoms with Crippen molar-refractivity contribution < 1.29 is 33.4 Å². The van der Waals surface area contributed by atoms with Gasteiger partial charge in [0.05, 0.1) is 35.5 Å². The van der Waals surface area contributed by atoms with E-state index in [-0.39, 0.29) is 13.2 Å². The van der Waals surface area contributed by atoms with Crippen molar-refractivity contribution in [2.75, 3.05) is 13.2 Å². The fourth-order valence-corrected chi connectivity index (χ4v) is 5.54. The summed E-state index contributed by atoms with van der Waals surface area (Å²) in [5, 5.41) is 5.69. The SMILES string of the molecule is CCCCOC(=O)c1ccc2c3ccc4c5c(ccc(c6ccc(C(=O)OCCCC)c1c26)c53)C(=O)OC4=O. The number of fused-ring (bicyclic) bond motifs is 2. The van der Waals surface area contributed by atoms with Crippen LogP contribution < -0.4 is 0 Å². The second kappa shape index (κ2) is 9.66. The first-order valence-corrected chi connectivity index (χ1v) is 13.3. The highest BCUT2D eigenvalue weighted by molar-refractivity contribution is 6.39. The summed E-state index contributed by atoms with van der Waals surface area (Å²) in [5.74, 6) is -2.36. The summed E-state index contributed by atoms with van der Waals surface area (Å²) in [6.45, 7) is 4.60. The van der Waals surface area contributed by atoms with Gasteiger partial charge in [-0.1, -0.05) is 51.0 Å². The van der Waals surface area contributed by atoms with Crippen LogP contribution in [0.25, 0.3) is 43.1 Å². The average Bonchev–Trinajstić information content (AvgIpc) is 2.94. The molecular weight excluding hydrogens is 496 g/mol. The first kappa shape index (κ1) is 24.8. The van der Waals surface area contributed by atoms with Crippen molar-refractivity contribution in [2.45, 2.75) is 39.5 Å². The minimum atomic E-state index is -0.678. The molecule has 39 heavy (non-hydrogen) atoms. The van der Waals surface area contributed by atoms with E-state index in [9.17, 15) is 19.2 Å². The lowest BCUT2D eigenvalue weighted by atomic mass is 9.84. The minimum Gasteiger partial charge on any atom is -0.462 e. The Morgan fingerprint density at radius 3 is 1.44 bits per heavy atom. The summed E-state index contributed by atoms with van der Waals surface area (Å²) in [5.41, 5.74) is 1.25.